The normalized spacial score (nSPS) is 14.5. The van der Waals surface area contributed by atoms with Crippen LogP contribution in [0.1, 0.15) is 31.0 Å². The van der Waals surface area contributed by atoms with Crippen molar-refractivity contribution in [2.45, 2.75) is 31.7 Å². The number of hydrogen-bond donors (Lipinski definition) is 2. The third kappa shape index (κ3) is 3.41. The molecule has 1 saturated carbocycles. The fourth-order valence-electron chi connectivity index (χ4n) is 2.03. The van der Waals surface area contributed by atoms with Gasteiger partial charge in [-0.3, -0.25) is 0 Å². The minimum Gasteiger partial charge on any atom is -0.371 e. The zero-order chi connectivity index (χ0) is 13.1. The first-order chi connectivity index (χ1) is 9.31. The van der Waals surface area contributed by atoms with Crippen LogP contribution in [0.15, 0.2) is 24.8 Å². The van der Waals surface area contributed by atoms with Crippen LogP contribution in [0.3, 0.4) is 0 Å². The molecule has 5 nitrogen and oxygen atoms in total. The van der Waals surface area contributed by atoms with Gasteiger partial charge in [0.1, 0.15) is 16.3 Å². The first-order valence-corrected chi connectivity index (χ1v) is 7.03. The lowest BCUT2D eigenvalue weighted by Crippen LogP contribution is -2.08. The molecule has 1 aliphatic rings. The fourth-order valence-corrected chi connectivity index (χ4v) is 2.24. The van der Waals surface area contributed by atoms with Crippen LogP contribution in [0.4, 0.5) is 5.82 Å². The summed E-state index contributed by atoms with van der Waals surface area (Å²) in [5.41, 5.74) is 0. The zero-order valence-corrected chi connectivity index (χ0v) is 11.5. The number of imidazole rings is 1. The molecule has 2 heterocycles. The summed E-state index contributed by atoms with van der Waals surface area (Å²) < 4.78 is 2.74. The van der Waals surface area contributed by atoms with Crippen molar-refractivity contribution in [2.24, 2.45) is 0 Å². The van der Waals surface area contributed by atoms with Gasteiger partial charge in [0.05, 0.1) is 6.33 Å². The van der Waals surface area contributed by atoms with Crippen LogP contribution in [-0.4, -0.2) is 26.1 Å². The van der Waals surface area contributed by atoms with Gasteiger partial charge < -0.3 is 14.9 Å². The minimum absolute atomic E-state index is 0.592. The number of H-pyrrole nitrogens is 1. The Morgan fingerprint density at radius 2 is 2.37 bits per heavy atom. The Morgan fingerprint density at radius 3 is 3.11 bits per heavy atom. The largest absolute Gasteiger partial charge is 0.371 e. The number of aryl methyl sites for hydroxylation is 1. The topological polar surface area (TPSA) is 58.5 Å². The minimum atomic E-state index is 0.592. The van der Waals surface area contributed by atoms with Crippen LogP contribution in [0.25, 0.3) is 0 Å². The summed E-state index contributed by atoms with van der Waals surface area (Å²) in [5, 5.41) is 3.38. The molecule has 2 aromatic rings. The predicted octanol–water partition coefficient (Wildman–Crippen LogP) is 2.72. The second kappa shape index (κ2) is 5.52. The Bertz CT molecular complexity index is 585. The first-order valence-electron chi connectivity index (χ1n) is 6.62. The Hall–Kier alpha value is -1.69. The molecule has 0 unspecified atom stereocenters. The third-order valence-electron chi connectivity index (χ3n) is 3.19. The maximum absolute atomic E-state index is 5.19. The van der Waals surface area contributed by atoms with E-state index >= 15 is 0 Å². The maximum Gasteiger partial charge on any atom is 0.131 e. The van der Waals surface area contributed by atoms with E-state index in [-0.39, 0.29) is 0 Å². The maximum atomic E-state index is 5.19. The van der Waals surface area contributed by atoms with Gasteiger partial charge >= 0.3 is 0 Å². The Morgan fingerprint density at radius 1 is 1.47 bits per heavy atom. The summed E-state index contributed by atoms with van der Waals surface area (Å²) in [4.78, 5) is 11.7. The summed E-state index contributed by atoms with van der Waals surface area (Å²) in [6.45, 7) is 1.87. The van der Waals surface area contributed by atoms with Crippen molar-refractivity contribution in [2.75, 3.05) is 11.9 Å². The van der Waals surface area contributed by atoms with Crippen molar-refractivity contribution in [3.8, 4) is 0 Å². The molecular formula is C13H17N5S. The van der Waals surface area contributed by atoms with E-state index in [0.29, 0.717) is 10.6 Å². The van der Waals surface area contributed by atoms with Crippen LogP contribution < -0.4 is 5.32 Å². The first kappa shape index (κ1) is 12.3. The quantitative estimate of drug-likeness (QED) is 0.628. The molecule has 0 radical (unpaired) electrons. The molecule has 0 atom stereocenters. The van der Waals surface area contributed by atoms with Gasteiger partial charge in [-0.05, 0) is 19.3 Å². The van der Waals surface area contributed by atoms with E-state index in [0.717, 1.165) is 31.2 Å². The highest BCUT2D eigenvalue weighted by molar-refractivity contribution is 7.71. The highest BCUT2D eigenvalue weighted by Crippen LogP contribution is 2.38. The lowest BCUT2D eigenvalue weighted by molar-refractivity contribution is 0.659. The number of aromatic amines is 1. The number of anilines is 1. The highest BCUT2D eigenvalue weighted by atomic mass is 32.1. The summed E-state index contributed by atoms with van der Waals surface area (Å²) in [7, 11) is 0. The second-order valence-electron chi connectivity index (χ2n) is 4.87. The van der Waals surface area contributed by atoms with Crippen molar-refractivity contribution in [3.05, 3.63) is 35.3 Å². The standard InChI is InChI=1S/C13H17N5S/c19-12-8-11(16-13(17-12)10-2-3-10)15-4-1-6-18-7-5-14-9-18/h5,7-10H,1-4,6H2,(H2,15,16,17,19). The van der Waals surface area contributed by atoms with Gasteiger partial charge in [-0.1, -0.05) is 12.2 Å². The van der Waals surface area contributed by atoms with Gasteiger partial charge in [-0.15, -0.1) is 0 Å². The lowest BCUT2D eigenvalue weighted by atomic mass is 10.3. The number of hydrogen-bond acceptors (Lipinski definition) is 4. The molecule has 2 N–H and O–H groups in total. The van der Waals surface area contributed by atoms with Crippen LogP contribution in [-0.2, 0) is 6.54 Å². The van der Waals surface area contributed by atoms with Crippen LogP contribution >= 0.6 is 12.2 Å². The summed E-state index contributed by atoms with van der Waals surface area (Å²) in [5.74, 6) is 2.60. The zero-order valence-electron chi connectivity index (χ0n) is 10.7. The van der Waals surface area contributed by atoms with Gasteiger partial charge in [0.15, 0.2) is 0 Å². The van der Waals surface area contributed by atoms with Crippen LogP contribution in [0.2, 0.25) is 0 Å². The molecule has 0 amide bonds. The molecule has 1 fully saturated rings. The molecule has 0 bridgehead atoms. The average Bonchev–Trinajstić information content (AvgIpc) is 3.12. The van der Waals surface area contributed by atoms with Gasteiger partial charge in [0.25, 0.3) is 0 Å². The monoisotopic (exact) mass is 275 g/mol. The SMILES string of the molecule is S=c1cc(NCCCn2ccnc2)[nH]c(C2CC2)n1. The number of rotatable bonds is 6. The molecule has 2 aromatic heterocycles. The molecule has 3 rings (SSSR count). The lowest BCUT2D eigenvalue weighted by Gasteiger charge is -2.08. The van der Waals surface area contributed by atoms with E-state index < -0.39 is 0 Å². The molecule has 0 saturated heterocycles. The van der Waals surface area contributed by atoms with E-state index in [1.807, 2.05) is 18.6 Å². The second-order valence-corrected chi connectivity index (χ2v) is 5.29. The number of aromatic nitrogens is 4. The Kier molecular flexibility index (Phi) is 3.59. The fraction of sp³-hybridized carbons (Fsp3) is 0.462. The summed E-state index contributed by atoms with van der Waals surface area (Å²) in [6.07, 6.45) is 9.11. The molecule has 6 heteroatoms. The van der Waals surface area contributed by atoms with Crippen molar-refractivity contribution >= 4 is 18.0 Å². The Labute approximate surface area is 117 Å². The molecule has 0 spiro atoms. The smallest absolute Gasteiger partial charge is 0.131 e. The van der Waals surface area contributed by atoms with E-state index in [9.17, 15) is 0 Å². The molecule has 19 heavy (non-hydrogen) atoms. The number of nitrogens with one attached hydrogen (secondary N) is 2. The van der Waals surface area contributed by atoms with Crippen LogP contribution in [0, 0.1) is 4.64 Å². The predicted molar refractivity (Wildman–Crippen MR) is 76.7 cm³/mol. The van der Waals surface area contributed by atoms with E-state index in [1.165, 1.54) is 12.8 Å². The van der Waals surface area contributed by atoms with Crippen molar-refractivity contribution in [1.29, 1.82) is 0 Å². The van der Waals surface area contributed by atoms with Crippen molar-refractivity contribution in [3.63, 3.8) is 0 Å². The number of nitrogens with zero attached hydrogens (tertiary/aromatic N) is 3. The van der Waals surface area contributed by atoms with Crippen LogP contribution in [0.5, 0.6) is 0 Å². The van der Waals surface area contributed by atoms with Crippen molar-refractivity contribution < 1.29 is 0 Å². The van der Waals surface area contributed by atoms with Crippen molar-refractivity contribution in [1.82, 2.24) is 19.5 Å². The van der Waals surface area contributed by atoms with Gasteiger partial charge in [-0.2, -0.15) is 0 Å². The van der Waals surface area contributed by atoms with E-state index in [1.54, 1.807) is 6.20 Å². The van der Waals surface area contributed by atoms with Gasteiger partial charge in [0.2, 0.25) is 0 Å². The van der Waals surface area contributed by atoms with Gasteiger partial charge in [-0.25, -0.2) is 9.97 Å². The highest BCUT2D eigenvalue weighted by Gasteiger charge is 2.25. The van der Waals surface area contributed by atoms with E-state index in [4.69, 9.17) is 12.2 Å². The average molecular weight is 275 g/mol. The van der Waals surface area contributed by atoms with E-state index in [2.05, 4.69) is 24.8 Å². The molecule has 100 valence electrons. The Balaban J connectivity index is 1.53. The third-order valence-corrected chi connectivity index (χ3v) is 3.40. The van der Waals surface area contributed by atoms with Gasteiger partial charge in [0, 0.05) is 37.5 Å². The summed E-state index contributed by atoms with van der Waals surface area (Å²) >= 11 is 5.19. The molecule has 0 aromatic carbocycles. The molecule has 1 aliphatic carbocycles. The molecular weight excluding hydrogens is 258 g/mol. The summed E-state index contributed by atoms with van der Waals surface area (Å²) in [6, 6.07) is 1.89. The molecule has 0 aliphatic heterocycles.